The Morgan fingerprint density at radius 1 is 1.15 bits per heavy atom. The van der Waals surface area contributed by atoms with Gasteiger partial charge in [-0.3, -0.25) is 4.79 Å². The average molecular weight is 380 g/mol. The minimum atomic E-state index is -1.34. The summed E-state index contributed by atoms with van der Waals surface area (Å²) in [4.78, 5) is 24.2. The molecule has 7 heteroatoms. The number of carbonyl (C=O) groups excluding carboxylic acids is 2. The van der Waals surface area contributed by atoms with Gasteiger partial charge in [0.1, 0.15) is 11.6 Å². The van der Waals surface area contributed by atoms with Crippen molar-refractivity contribution in [2.45, 2.75) is 26.4 Å². The van der Waals surface area contributed by atoms with Gasteiger partial charge in [0.25, 0.3) is 5.91 Å². The zero-order valence-corrected chi connectivity index (χ0v) is 15.4. The first-order valence-corrected chi connectivity index (χ1v) is 8.23. The van der Waals surface area contributed by atoms with Crippen LogP contribution in [0, 0.1) is 12.7 Å². The van der Waals surface area contributed by atoms with Gasteiger partial charge < -0.3 is 14.8 Å². The molecule has 5 nitrogen and oxygen atoms in total. The Hall–Kier alpha value is -2.60. The maximum Gasteiger partial charge on any atom is 0.350 e. The molecule has 0 aliphatic carbocycles. The average Bonchev–Trinajstić information content (AvgIpc) is 2.57. The Bertz CT molecular complexity index is 806. The largest absolute Gasteiger partial charge is 0.476 e. The second kappa shape index (κ2) is 8.19. The molecule has 0 aliphatic heterocycles. The minimum Gasteiger partial charge on any atom is -0.476 e. The number of ether oxygens (including phenoxy) is 2. The molecule has 0 atom stereocenters. The Kier molecular flexibility index (Phi) is 6.21. The van der Waals surface area contributed by atoms with E-state index in [1.54, 1.807) is 25.1 Å². The van der Waals surface area contributed by atoms with Crippen molar-refractivity contribution in [2.75, 3.05) is 11.9 Å². The third kappa shape index (κ3) is 5.46. The van der Waals surface area contributed by atoms with Crippen LogP contribution >= 0.6 is 11.6 Å². The Morgan fingerprint density at radius 3 is 2.42 bits per heavy atom. The number of benzene rings is 2. The maximum absolute atomic E-state index is 12.9. The van der Waals surface area contributed by atoms with E-state index < -0.39 is 29.9 Å². The molecular formula is C19H19ClFNO4. The van der Waals surface area contributed by atoms with Crippen molar-refractivity contribution in [3.8, 4) is 5.75 Å². The highest BCUT2D eigenvalue weighted by Crippen LogP contribution is 2.21. The fourth-order valence-electron chi connectivity index (χ4n) is 2.10. The van der Waals surface area contributed by atoms with Crippen LogP contribution in [0.5, 0.6) is 5.75 Å². The molecule has 1 amide bonds. The van der Waals surface area contributed by atoms with Gasteiger partial charge in [0.05, 0.1) is 0 Å². The van der Waals surface area contributed by atoms with E-state index in [1.165, 1.54) is 38.1 Å². The number of nitrogens with one attached hydrogen (secondary N) is 1. The zero-order chi connectivity index (χ0) is 19.3. The van der Waals surface area contributed by atoms with E-state index in [0.717, 1.165) is 5.56 Å². The molecule has 0 saturated carbocycles. The van der Waals surface area contributed by atoms with E-state index in [1.807, 2.05) is 0 Å². The van der Waals surface area contributed by atoms with Gasteiger partial charge in [-0.25, -0.2) is 9.18 Å². The van der Waals surface area contributed by atoms with Gasteiger partial charge in [0.15, 0.2) is 12.2 Å². The van der Waals surface area contributed by atoms with Gasteiger partial charge in [0.2, 0.25) is 0 Å². The highest BCUT2D eigenvalue weighted by atomic mass is 35.5. The zero-order valence-electron chi connectivity index (χ0n) is 14.6. The predicted octanol–water partition coefficient (Wildman–Crippen LogP) is 4.13. The fourth-order valence-corrected chi connectivity index (χ4v) is 2.32. The highest BCUT2D eigenvalue weighted by molar-refractivity contribution is 6.30. The van der Waals surface area contributed by atoms with Crippen LogP contribution in [0.1, 0.15) is 19.4 Å². The van der Waals surface area contributed by atoms with Crippen LogP contribution in [0.2, 0.25) is 5.02 Å². The quantitative estimate of drug-likeness (QED) is 0.766. The number of anilines is 1. The van der Waals surface area contributed by atoms with E-state index in [4.69, 9.17) is 21.1 Å². The minimum absolute atomic E-state index is 0.314. The molecule has 2 aromatic rings. The van der Waals surface area contributed by atoms with E-state index in [-0.39, 0.29) is 0 Å². The molecule has 0 bridgehead atoms. The second-order valence-electron chi connectivity index (χ2n) is 6.15. The SMILES string of the molecule is Cc1cc(Cl)ccc1NC(=O)COC(=O)C(C)(C)Oc1ccc(F)cc1. The van der Waals surface area contributed by atoms with E-state index >= 15 is 0 Å². The molecule has 2 aromatic carbocycles. The molecule has 138 valence electrons. The first-order valence-electron chi connectivity index (χ1n) is 7.85. The summed E-state index contributed by atoms with van der Waals surface area (Å²) >= 11 is 5.86. The monoisotopic (exact) mass is 379 g/mol. The van der Waals surface area contributed by atoms with Crippen LogP contribution in [-0.2, 0) is 14.3 Å². The summed E-state index contributed by atoms with van der Waals surface area (Å²) in [5.74, 6) is -1.30. The number of aryl methyl sites for hydroxylation is 1. The highest BCUT2D eigenvalue weighted by Gasteiger charge is 2.32. The van der Waals surface area contributed by atoms with E-state index in [2.05, 4.69) is 5.32 Å². The number of halogens is 2. The van der Waals surface area contributed by atoms with Gasteiger partial charge in [-0.15, -0.1) is 0 Å². The third-order valence-corrected chi connectivity index (χ3v) is 3.71. The molecule has 0 saturated heterocycles. The number of rotatable bonds is 6. The molecule has 1 N–H and O–H groups in total. The molecule has 0 spiro atoms. The smallest absolute Gasteiger partial charge is 0.350 e. The number of hydrogen-bond acceptors (Lipinski definition) is 4. The Balaban J connectivity index is 1.89. The van der Waals surface area contributed by atoms with Crippen LogP contribution in [0.15, 0.2) is 42.5 Å². The lowest BCUT2D eigenvalue weighted by Crippen LogP contribution is -2.41. The Labute approximate surface area is 156 Å². The van der Waals surface area contributed by atoms with E-state index in [0.29, 0.717) is 16.5 Å². The predicted molar refractivity (Wildman–Crippen MR) is 96.9 cm³/mol. The third-order valence-electron chi connectivity index (χ3n) is 3.48. The molecule has 2 rings (SSSR count). The standard InChI is InChI=1S/C19H19ClFNO4/c1-12-10-13(20)4-9-16(12)22-17(23)11-25-18(24)19(2,3)26-15-7-5-14(21)6-8-15/h4-10H,11H2,1-3H3,(H,22,23). The number of amides is 1. The second-order valence-corrected chi connectivity index (χ2v) is 6.59. The van der Waals surface area contributed by atoms with Gasteiger partial charge in [-0.05, 0) is 68.8 Å². The number of carbonyl (C=O) groups is 2. The van der Waals surface area contributed by atoms with Crippen molar-refractivity contribution >= 4 is 29.2 Å². The summed E-state index contributed by atoms with van der Waals surface area (Å²) in [7, 11) is 0. The lowest BCUT2D eigenvalue weighted by atomic mass is 10.1. The molecule has 0 heterocycles. The van der Waals surface area contributed by atoms with Crippen LogP contribution in [0.25, 0.3) is 0 Å². The van der Waals surface area contributed by atoms with Crippen molar-refractivity contribution in [1.29, 1.82) is 0 Å². The lowest BCUT2D eigenvalue weighted by Gasteiger charge is -2.24. The Morgan fingerprint density at radius 2 is 1.81 bits per heavy atom. The maximum atomic E-state index is 12.9. The van der Waals surface area contributed by atoms with Gasteiger partial charge in [-0.2, -0.15) is 0 Å². The van der Waals surface area contributed by atoms with Crippen LogP contribution in [0.3, 0.4) is 0 Å². The van der Waals surface area contributed by atoms with Gasteiger partial charge >= 0.3 is 5.97 Å². The molecule has 0 aromatic heterocycles. The summed E-state index contributed by atoms with van der Waals surface area (Å²) in [6.07, 6.45) is 0. The summed E-state index contributed by atoms with van der Waals surface area (Å²) in [6, 6.07) is 10.3. The van der Waals surface area contributed by atoms with Crippen LogP contribution in [0.4, 0.5) is 10.1 Å². The van der Waals surface area contributed by atoms with E-state index in [9.17, 15) is 14.0 Å². The van der Waals surface area contributed by atoms with Crippen molar-refractivity contribution in [3.63, 3.8) is 0 Å². The van der Waals surface area contributed by atoms with Crippen molar-refractivity contribution in [1.82, 2.24) is 0 Å². The molecule has 26 heavy (non-hydrogen) atoms. The van der Waals surface area contributed by atoms with Gasteiger partial charge in [-0.1, -0.05) is 11.6 Å². The van der Waals surface area contributed by atoms with Crippen LogP contribution in [-0.4, -0.2) is 24.1 Å². The van der Waals surface area contributed by atoms with Crippen LogP contribution < -0.4 is 10.1 Å². The summed E-state index contributed by atoms with van der Waals surface area (Å²) in [6.45, 7) is 4.34. The lowest BCUT2D eigenvalue weighted by molar-refractivity contribution is -0.161. The first kappa shape index (κ1) is 19.7. The fraction of sp³-hybridized carbons (Fsp3) is 0.263. The number of esters is 1. The summed E-state index contributed by atoms with van der Waals surface area (Å²) in [5.41, 5.74) is 0.0308. The topological polar surface area (TPSA) is 64.6 Å². The summed E-state index contributed by atoms with van der Waals surface area (Å²) < 4.78 is 23.5. The van der Waals surface area contributed by atoms with Crippen molar-refractivity contribution < 1.29 is 23.5 Å². The van der Waals surface area contributed by atoms with Crippen molar-refractivity contribution in [2.24, 2.45) is 0 Å². The van der Waals surface area contributed by atoms with Gasteiger partial charge in [0, 0.05) is 10.7 Å². The number of hydrogen-bond donors (Lipinski definition) is 1. The first-order chi connectivity index (χ1) is 12.2. The molecule has 0 fully saturated rings. The normalized spacial score (nSPS) is 11.0. The molecule has 0 aliphatic rings. The van der Waals surface area contributed by atoms with Crippen molar-refractivity contribution in [3.05, 3.63) is 58.9 Å². The molecular weight excluding hydrogens is 361 g/mol. The molecule has 0 unspecified atom stereocenters. The summed E-state index contributed by atoms with van der Waals surface area (Å²) in [5, 5.41) is 3.20. The molecule has 0 radical (unpaired) electrons.